The summed E-state index contributed by atoms with van der Waals surface area (Å²) < 4.78 is 23.7. The smallest absolute Gasteiger partial charge is 0.154 e. The van der Waals surface area contributed by atoms with Crippen LogP contribution in [0.15, 0.2) is 36.5 Å². The van der Waals surface area contributed by atoms with Crippen molar-refractivity contribution >= 4 is 20.6 Å². The van der Waals surface area contributed by atoms with Gasteiger partial charge in [0, 0.05) is 24.2 Å². The average Bonchev–Trinajstić information content (AvgIpc) is 2.83. The van der Waals surface area contributed by atoms with Crippen LogP contribution in [0.4, 0.5) is 0 Å². The average molecular weight is 304 g/mol. The molecule has 1 aromatic heterocycles. The summed E-state index contributed by atoms with van der Waals surface area (Å²) in [7, 11) is -2.89. The fourth-order valence-corrected chi connectivity index (χ4v) is 4.76. The Labute approximate surface area is 125 Å². The summed E-state index contributed by atoms with van der Waals surface area (Å²) in [6.45, 7) is 2.55. The van der Waals surface area contributed by atoms with Crippen molar-refractivity contribution in [3.63, 3.8) is 0 Å². The molecule has 4 nitrogen and oxygen atoms in total. The number of sulfone groups is 1. The highest BCUT2D eigenvalue weighted by Crippen LogP contribution is 2.23. The Balaban J connectivity index is 1.77. The molecule has 0 amide bonds. The van der Waals surface area contributed by atoms with Crippen LogP contribution in [0.2, 0.25) is 0 Å². The summed E-state index contributed by atoms with van der Waals surface area (Å²) in [5.74, 6) is 0.334. The Morgan fingerprint density at radius 3 is 2.90 bits per heavy atom. The van der Waals surface area contributed by atoms with Crippen LogP contribution in [-0.4, -0.2) is 30.9 Å². The summed E-state index contributed by atoms with van der Waals surface area (Å²) >= 11 is 0. The Morgan fingerprint density at radius 1 is 1.33 bits per heavy atom. The lowest BCUT2D eigenvalue weighted by molar-refractivity contribution is 0.533. The fraction of sp³-hybridized carbons (Fsp3) is 0.438. The van der Waals surface area contributed by atoms with Gasteiger partial charge in [-0.25, -0.2) is 8.42 Å². The molecule has 0 spiro atoms. The van der Waals surface area contributed by atoms with Crippen LogP contribution in [0.1, 0.15) is 31.5 Å². The number of hydrogen-bond donors (Lipinski definition) is 1. The Hall–Kier alpha value is -1.46. The molecule has 1 fully saturated rings. The number of aromatic nitrogens is 1. The number of rotatable bonds is 4. The number of benzene rings is 1. The Bertz CT molecular complexity index is 738. The predicted octanol–water partition coefficient (Wildman–Crippen LogP) is 2.46. The van der Waals surface area contributed by atoms with Crippen LogP contribution in [0.25, 0.3) is 10.8 Å². The van der Waals surface area contributed by atoms with Gasteiger partial charge < -0.3 is 5.32 Å². The maximum atomic E-state index is 11.9. The van der Waals surface area contributed by atoms with E-state index in [-0.39, 0.29) is 11.3 Å². The van der Waals surface area contributed by atoms with Crippen molar-refractivity contribution in [2.75, 3.05) is 12.3 Å². The summed E-state index contributed by atoms with van der Waals surface area (Å²) in [5.41, 5.74) is 0.975. The van der Waals surface area contributed by atoms with E-state index in [1.807, 2.05) is 31.3 Å². The van der Waals surface area contributed by atoms with Crippen molar-refractivity contribution in [2.24, 2.45) is 0 Å². The van der Waals surface area contributed by atoms with Gasteiger partial charge >= 0.3 is 0 Å². The lowest BCUT2D eigenvalue weighted by atomic mass is 10.1. The van der Waals surface area contributed by atoms with Crippen LogP contribution >= 0.6 is 0 Å². The second kappa shape index (κ2) is 5.73. The van der Waals surface area contributed by atoms with Gasteiger partial charge in [-0.15, -0.1) is 0 Å². The minimum atomic E-state index is -2.89. The van der Waals surface area contributed by atoms with Gasteiger partial charge in [0.1, 0.15) is 0 Å². The Morgan fingerprint density at radius 2 is 2.14 bits per heavy atom. The molecule has 1 saturated heterocycles. The zero-order chi connectivity index (χ0) is 14.9. The fourth-order valence-electron chi connectivity index (χ4n) is 2.98. The minimum Gasteiger partial charge on any atom is -0.308 e. The van der Waals surface area contributed by atoms with E-state index in [0.717, 1.165) is 29.3 Å². The van der Waals surface area contributed by atoms with Crippen molar-refractivity contribution in [3.05, 3.63) is 42.2 Å². The third-order valence-electron chi connectivity index (χ3n) is 4.23. The summed E-state index contributed by atoms with van der Waals surface area (Å²) in [5, 5.41) is 5.38. The standard InChI is InChI=1S/C16H20N2O2S/c1-12(18-11-14-6-4-10-21(14,19)20)16-15-7-3-2-5-13(15)8-9-17-16/h2-3,5,7-9,12,14,18H,4,6,10-11H2,1H3. The zero-order valence-corrected chi connectivity index (χ0v) is 12.9. The first kappa shape index (κ1) is 14.5. The highest BCUT2D eigenvalue weighted by atomic mass is 32.2. The molecule has 0 saturated carbocycles. The zero-order valence-electron chi connectivity index (χ0n) is 12.1. The van der Waals surface area contributed by atoms with E-state index in [0.29, 0.717) is 12.3 Å². The molecule has 1 aliphatic rings. The van der Waals surface area contributed by atoms with E-state index in [4.69, 9.17) is 0 Å². The normalized spacial score (nSPS) is 22.4. The molecule has 0 bridgehead atoms. The topological polar surface area (TPSA) is 59.1 Å². The predicted molar refractivity (Wildman–Crippen MR) is 85.0 cm³/mol. The first-order valence-corrected chi connectivity index (χ1v) is 9.08. The van der Waals surface area contributed by atoms with Crippen LogP contribution in [0, 0.1) is 0 Å². The van der Waals surface area contributed by atoms with E-state index < -0.39 is 9.84 Å². The molecular weight excluding hydrogens is 284 g/mol. The van der Waals surface area contributed by atoms with Gasteiger partial charge in [-0.3, -0.25) is 4.98 Å². The van der Waals surface area contributed by atoms with Gasteiger partial charge in [-0.05, 0) is 31.2 Å². The molecule has 3 rings (SSSR count). The summed E-state index contributed by atoms with van der Waals surface area (Å²) in [4.78, 5) is 4.48. The molecule has 0 aliphatic carbocycles. The Kier molecular flexibility index (Phi) is 3.95. The van der Waals surface area contributed by atoms with Gasteiger partial charge in [-0.2, -0.15) is 0 Å². The molecule has 2 atom stereocenters. The molecule has 5 heteroatoms. The second-order valence-electron chi connectivity index (χ2n) is 5.68. The lowest BCUT2D eigenvalue weighted by Gasteiger charge is -2.18. The van der Waals surface area contributed by atoms with E-state index in [9.17, 15) is 8.42 Å². The molecule has 1 N–H and O–H groups in total. The number of pyridine rings is 1. The molecule has 2 unspecified atom stereocenters. The van der Waals surface area contributed by atoms with Crippen molar-refractivity contribution in [1.82, 2.24) is 10.3 Å². The molecule has 1 aromatic carbocycles. The summed E-state index contributed by atoms with van der Waals surface area (Å²) in [6, 6.07) is 10.2. The highest BCUT2D eigenvalue weighted by Gasteiger charge is 2.31. The third-order valence-corrected chi connectivity index (χ3v) is 6.50. The summed E-state index contributed by atoms with van der Waals surface area (Å²) in [6.07, 6.45) is 3.36. The number of hydrogen-bond acceptors (Lipinski definition) is 4. The second-order valence-corrected chi connectivity index (χ2v) is 8.08. The van der Waals surface area contributed by atoms with Crippen LogP contribution < -0.4 is 5.32 Å². The number of fused-ring (bicyclic) bond motifs is 1. The first-order chi connectivity index (χ1) is 10.1. The van der Waals surface area contributed by atoms with Crippen molar-refractivity contribution in [2.45, 2.75) is 31.1 Å². The lowest BCUT2D eigenvalue weighted by Crippen LogP contribution is -2.32. The highest BCUT2D eigenvalue weighted by molar-refractivity contribution is 7.92. The van der Waals surface area contributed by atoms with E-state index in [2.05, 4.69) is 22.4 Å². The SMILES string of the molecule is CC(NCC1CCCS1(=O)=O)c1nccc2ccccc12. The van der Waals surface area contributed by atoms with Crippen molar-refractivity contribution in [1.29, 1.82) is 0 Å². The molecule has 21 heavy (non-hydrogen) atoms. The molecule has 2 aromatic rings. The van der Waals surface area contributed by atoms with Crippen molar-refractivity contribution in [3.8, 4) is 0 Å². The molecule has 2 heterocycles. The maximum absolute atomic E-state index is 11.9. The van der Waals surface area contributed by atoms with E-state index in [1.165, 1.54) is 0 Å². The van der Waals surface area contributed by atoms with Gasteiger partial charge in [0.25, 0.3) is 0 Å². The molecule has 112 valence electrons. The quantitative estimate of drug-likeness (QED) is 0.942. The molecule has 1 aliphatic heterocycles. The molecular formula is C16H20N2O2S. The van der Waals surface area contributed by atoms with Gasteiger partial charge in [-0.1, -0.05) is 24.3 Å². The number of nitrogens with zero attached hydrogens (tertiary/aromatic N) is 1. The van der Waals surface area contributed by atoms with Crippen LogP contribution in [0.5, 0.6) is 0 Å². The van der Waals surface area contributed by atoms with E-state index in [1.54, 1.807) is 0 Å². The van der Waals surface area contributed by atoms with Crippen LogP contribution in [0.3, 0.4) is 0 Å². The van der Waals surface area contributed by atoms with Crippen LogP contribution in [-0.2, 0) is 9.84 Å². The van der Waals surface area contributed by atoms with Crippen molar-refractivity contribution < 1.29 is 8.42 Å². The monoisotopic (exact) mass is 304 g/mol. The maximum Gasteiger partial charge on any atom is 0.154 e. The first-order valence-electron chi connectivity index (χ1n) is 7.36. The van der Waals surface area contributed by atoms with Gasteiger partial charge in [0.15, 0.2) is 9.84 Å². The molecule has 0 radical (unpaired) electrons. The van der Waals surface area contributed by atoms with Gasteiger partial charge in [0.2, 0.25) is 0 Å². The van der Waals surface area contributed by atoms with Gasteiger partial charge in [0.05, 0.1) is 16.7 Å². The minimum absolute atomic E-state index is 0.0342. The largest absolute Gasteiger partial charge is 0.308 e. The number of nitrogens with one attached hydrogen (secondary N) is 1. The third kappa shape index (κ3) is 2.94. The van der Waals surface area contributed by atoms with E-state index >= 15 is 0 Å².